The highest BCUT2D eigenvalue weighted by Crippen LogP contribution is 2.43. The molecule has 4 rings (SSSR count). The molecule has 0 bridgehead atoms. The van der Waals surface area contributed by atoms with Crippen LogP contribution in [0.25, 0.3) is 0 Å². The number of esters is 1. The highest BCUT2D eigenvalue weighted by Gasteiger charge is 2.46. The molecule has 0 unspecified atom stereocenters. The summed E-state index contributed by atoms with van der Waals surface area (Å²) < 4.78 is 5.59. The molecule has 5 nitrogen and oxygen atoms in total. The lowest BCUT2D eigenvalue weighted by Gasteiger charge is -2.33. The molecule has 29 heavy (non-hydrogen) atoms. The summed E-state index contributed by atoms with van der Waals surface area (Å²) in [4.78, 5) is 32.1. The summed E-state index contributed by atoms with van der Waals surface area (Å²) in [6, 6.07) is 16.0. The fraction of sp³-hybridized carbons (Fsp3) is 0.227. The molecule has 2 atom stereocenters. The molecule has 2 heterocycles. The van der Waals surface area contributed by atoms with Gasteiger partial charge in [-0.2, -0.15) is 0 Å². The average molecular weight is 427 g/mol. The van der Waals surface area contributed by atoms with E-state index >= 15 is 0 Å². The van der Waals surface area contributed by atoms with Gasteiger partial charge < -0.3 is 4.74 Å². The number of amidine groups is 1. The normalized spacial score (nSPS) is 21.1. The molecule has 0 saturated carbocycles. The van der Waals surface area contributed by atoms with Crippen molar-refractivity contribution in [1.29, 1.82) is 0 Å². The number of thioether (sulfide) groups is 1. The molecule has 0 aromatic heterocycles. The number of halogens is 1. The number of allylic oxidation sites excluding steroid dienone is 1. The number of carbonyl (C=O) groups excluding carboxylic acids is 2. The Labute approximate surface area is 178 Å². The van der Waals surface area contributed by atoms with Crippen LogP contribution < -0.4 is 0 Å². The van der Waals surface area contributed by atoms with Crippen LogP contribution in [0.5, 0.6) is 0 Å². The van der Waals surface area contributed by atoms with Gasteiger partial charge in [-0.25, -0.2) is 9.79 Å². The Balaban J connectivity index is 1.71. The van der Waals surface area contributed by atoms with Crippen molar-refractivity contribution in [3.05, 3.63) is 82.0 Å². The molecule has 0 N–H and O–H groups in total. The van der Waals surface area contributed by atoms with Gasteiger partial charge in [-0.05, 0) is 37.1 Å². The lowest BCUT2D eigenvalue weighted by Crippen LogP contribution is -2.40. The quantitative estimate of drug-likeness (QED) is 0.663. The molecule has 0 spiro atoms. The maximum absolute atomic E-state index is 13.1. The minimum Gasteiger partial charge on any atom is -0.457 e. The topological polar surface area (TPSA) is 59.0 Å². The first kappa shape index (κ1) is 19.7. The van der Waals surface area contributed by atoms with Crippen LogP contribution in [0, 0.1) is 0 Å². The lowest BCUT2D eigenvalue weighted by molar-refractivity contribution is -0.141. The third kappa shape index (κ3) is 3.82. The maximum atomic E-state index is 13.1. The molecule has 2 aliphatic heterocycles. The van der Waals surface area contributed by atoms with Crippen LogP contribution in [0.15, 0.2) is 70.9 Å². The van der Waals surface area contributed by atoms with Crippen molar-refractivity contribution in [3.63, 3.8) is 0 Å². The van der Waals surface area contributed by atoms with Gasteiger partial charge in [-0.3, -0.25) is 9.69 Å². The van der Waals surface area contributed by atoms with E-state index in [-0.39, 0.29) is 17.8 Å². The second-order valence-electron chi connectivity index (χ2n) is 6.88. The zero-order chi connectivity index (χ0) is 20.5. The number of carbonyl (C=O) groups is 2. The highest BCUT2D eigenvalue weighted by molar-refractivity contribution is 8.15. The van der Waals surface area contributed by atoms with Gasteiger partial charge >= 0.3 is 5.97 Å². The molecule has 2 aromatic rings. The van der Waals surface area contributed by atoms with Gasteiger partial charge in [0, 0.05) is 5.02 Å². The number of ether oxygens (including phenoxy) is 1. The van der Waals surface area contributed by atoms with Gasteiger partial charge in [-0.15, -0.1) is 0 Å². The minimum absolute atomic E-state index is 0.0745. The monoisotopic (exact) mass is 426 g/mol. The Bertz CT molecular complexity index is 1020. The first-order valence-corrected chi connectivity index (χ1v) is 10.5. The number of aliphatic imine (C=N–C) groups is 1. The molecule has 148 valence electrons. The number of fused-ring (bicyclic) bond motifs is 1. The second kappa shape index (κ2) is 8.05. The molecular weight excluding hydrogens is 408 g/mol. The Morgan fingerprint density at radius 2 is 1.86 bits per heavy atom. The Kier molecular flexibility index (Phi) is 5.48. The largest absolute Gasteiger partial charge is 0.457 e. The Morgan fingerprint density at radius 3 is 2.55 bits per heavy atom. The van der Waals surface area contributed by atoms with E-state index in [0.29, 0.717) is 21.5 Å². The maximum Gasteiger partial charge on any atom is 0.338 e. The third-order valence-corrected chi connectivity index (χ3v) is 6.18. The first-order chi connectivity index (χ1) is 14.0. The fourth-order valence-corrected chi connectivity index (χ4v) is 4.58. The second-order valence-corrected chi connectivity index (χ2v) is 8.62. The van der Waals surface area contributed by atoms with Crippen molar-refractivity contribution in [2.45, 2.75) is 31.7 Å². The fourth-order valence-electron chi connectivity index (χ4n) is 3.43. The summed E-state index contributed by atoms with van der Waals surface area (Å²) in [5, 5.41) is 0.943. The summed E-state index contributed by atoms with van der Waals surface area (Å²) in [6.07, 6.45) is 0. The summed E-state index contributed by atoms with van der Waals surface area (Å²) in [7, 11) is 0. The molecule has 7 heteroatoms. The summed E-state index contributed by atoms with van der Waals surface area (Å²) in [6.45, 7) is 3.77. The van der Waals surface area contributed by atoms with Crippen molar-refractivity contribution in [1.82, 2.24) is 4.90 Å². The third-order valence-electron chi connectivity index (χ3n) is 4.88. The SMILES string of the molecule is CC1=C(C(=O)OCc2ccccc2)[C@@H](c2ccc(Cl)cc2)N2C(=O)[C@H](C)SC2=N1. The molecule has 0 radical (unpaired) electrons. The summed E-state index contributed by atoms with van der Waals surface area (Å²) >= 11 is 7.45. The number of amides is 1. The van der Waals surface area contributed by atoms with E-state index in [9.17, 15) is 9.59 Å². The smallest absolute Gasteiger partial charge is 0.338 e. The van der Waals surface area contributed by atoms with Crippen LogP contribution in [-0.4, -0.2) is 27.2 Å². The van der Waals surface area contributed by atoms with Crippen molar-refractivity contribution in [2.75, 3.05) is 0 Å². The molecule has 1 fully saturated rings. The van der Waals surface area contributed by atoms with E-state index in [1.807, 2.05) is 49.4 Å². The standard InChI is InChI=1S/C22H19ClN2O3S/c1-13-18(21(27)28-12-15-6-4-3-5-7-15)19(16-8-10-17(23)11-9-16)25-20(26)14(2)29-22(25)24-13/h3-11,14,19H,12H2,1-2H3/t14-,19+/m0/s1. The van der Waals surface area contributed by atoms with Gasteiger partial charge in [0.15, 0.2) is 5.17 Å². The van der Waals surface area contributed by atoms with Gasteiger partial charge in [0.2, 0.25) is 5.91 Å². The minimum atomic E-state index is -0.590. The highest BCUT2D eigenvalue weighted by atomic mass is 35.5. The van der Waals surface area contributed by atoms with Crippen molar-refractivity contribution < 1.29 is 14.3 Å². The molecule has 2 aliphatic rings. The summed E-state index contributed by atoms with van der Waals surface area (Å²) in [5.41, 5.74) is 2.61. The zero-order valence-corrected chi connectivity index (χ0v) is 17.5. The first-order valence-electron chi connectivity index (χ1n) is 9.21. The van der Waals surface area contributed by atoms with Gasteiger partial charge in [0.05, 0.1) is 22.6 Å². The molecule has 1 saturated heterocycles. The Morgan fingerprint density at radius 1 is 1.17 bits per heavy atom. The van der Waals surface area contributed by atoms with E-state index in [4.69, 9.17) is 16.3 Å². The van der Waals surface area contributed by atoms with Crippen molar-refractivity contribution in [3.8, 4) is 0 Å². The Hall–Kier alpha value is -2.57. The van der Waals surface area contributed by atoms with Crippen LogP contribution in [-0.2, 0) is 20.9 Å². The van der Waals surface area contributed by atoms with Crippen LogP contribution >= 0.6 is 23.4 Å². The van der Waals surface area contributed by atoms with Gasteiger partial charge in [0.1, 0.15) is 6.61 Å². The number of benzene rings is 2. The van der Waals surface area contributed by atoms with Crippen LogP contribution in [0.3, 0.4) is 0 Å². The number of rotatable bonds is 4. The van der Waals surface area contributed by atoms with E-state index in [2.05, 4.69) is 4.99 Å². The van der Waals surface area contributed by atoms with E-state index in [0.717, 1.165) is 11.1 Å². The van der Waals surface area contributed by atoms with Crippen LogP contribution in [0.2, 0.25) is 5.02 Å². The number of nitrogens with zero attached hydrogens (tertiary/aromatic N) is 2. The predicted molar refractivity (Wildman–Crippen MR) is 114 cm³/mol. The van der Waals surface area contributed by atoms with Crippen molar-refractivity contribution in [2.24, 2.45) is 4.99 Å². The van der Waals surface area contributed by atoms with E-state index in [1.165, 1.54) is 11.8 Å². The average Bonchev–Trinajstić information content (AvgIpc) is 3.00. The molecular formula is C22H19ClN2O3S. The van der Waals surface area contributed by atoms with Gasteiger partial charge in [0.25, 0.3) is 0 Å². The molecule has 1 amide bonds. The van der Waals surface area contributed by atoms with Gasteiger partial charge in [-0.1, -0.05) is 65.8 Å². The zero-order valence-electron chi connectivity index (χ0n) is 16.0. The predicted octanol–water partition coefficient (Wildman–Crippen LogP) is 4.73. The van der Waals surface area contributed by atoms with Crippen LogP contribution in [0.1, 0.15) is 31.0 Å². The number of hydrogen-bond acceptors (Lipinski definition) is 5. The molecule has 0 aliphatic carbocycles. The molecule has 2 aromatic carbocycles. The van der Waals surface area contributed by atoms with Crippen molar-refractivity contribution >= 4 is 40.4 Å². The van der Waals surface area contributed by atoms with Crippen LogP contribution in [0.4, 0.5) is 0 Å². The lowest BCUT2D eigenvalue weighted by atomic mass is 9.94. The van der Waals surface area contributed by atoms with E-state index in [1.54, 1.807) is 24.0 Å². The number of hydrogen-bond donors (Lipinski definition) is 0. The van der Waals surface area contributed by atoms with E-state index < -0.39 is 12.0 Å². The summed E-state index contributed by atoms with van der Waals surface area (Å²) in [5.74, 6) is -0.555.